The Bertz CT molecular complexity index is 635. The standard InChI is InChI=1S/C19H22FN/c1-13-12-15(10-11-18(13)20)19(21-2)17-9-5-7-14-6-3-4-8-16(14)17/h3-4,6,8,10-12,17,19,21H,5,7,9H2,1-2H3. The third-order valence-electron chi connectivity index (χ3n) is 4.67. The molecule has 3 rings (SSSR count). The lowest BCUT2D eigenvalue weighted by molar-refractivity contribution is 0.424. The fourth-order valence-electron chi connectivity index (χ4n) is 3.60. The van der Waals surface area contributed by atoms with E-state index in [1.807, 2.05) is 26.1 Å². The lowest BCUT2D eigenvalue weighted by Gasteiger charge is -2.33. The molecule has 0 aromatic heterocycles. The molecule has 0 fully saturated rings. The van der Waals surface area contributed by atoms with Gasteiger partial charge in [-0.3, -0.25) is 0 Å². The molecule has 2 atom stereocenters. The van der Waals surface area contributed by atoms with Crippen molar-refractivity contribution in [2.45, 2.75) is 38.1 Å². The molecule has 0 saturated heterocycles. The van der Waals surface area contributed by atoms with Gasteiger partial charge in [0.2, 0.25) is 0 Å². The van der Waals surface area contributed by atoms with Gasteiger partial charge in [-0.1, -0.05) is 36.4 Å². The fraction of sp³-hybridized carbons (Fsp3) is 0.368. The molecule has 0 amide bonds. The third-order valence-corrected chi connectivity index (χ3v) is 4.67. The molecule has 0 radical (unpaired) electrons. The Labute approximate surface area is 126 Å². The summed E-state index contributed by atoms with van der Waals surface area (Å²) in [6.07, 6.45) is 3.57. The van der Waals surface area contributed by atoms with Gasteiger partial charge in [-0.25, -0.2) is 4.39 Å². The maximum Gasteiger partial charge on any atom is 0.126 e. The molecule has 1 aliphatic carbocycles. The largest absolute Gasteiger partial charge is 0.312 e. The minimum atomic E-state index is -0.127. The third kappa shape index (κ3) is 2.73. The first kappa shape index (κ1) is 14.3. The summed E-state index contributed by atoms with van der Waals surface area (Å²) in [5, 5.41) is 3.45. The van der Waals surface area contributed by atoms with Crippen LogP contribution in [-0.4, -0.2) is 7.05 Å². The molecular formula is C19H22FN. The van der Waals surface area contributed by atoms with Crippen LogP contribution in [0.4, 0.5) is 4.39 Å². The van der Waals surface area contributed by atoms with E-state index in [2.05, 4.69) is 29.6 Å². The molecule has 2 aromatic carbocycles. The Morgan fingerprint density at radius 2 is 2.00 bits per heavy atom. The van der Waals surface area contributed by atoms with Gasteiger partial charge in [-0.05, 0) is 61.6 Å². The number of nitrogens with one attached hydrogen (secondary N) is 1. The van der Waals surface area contributed by atoms with Gasteiger partial charge in [0, 0.05) is 12.0 Å². The minimum Gasteiger partial charge on any atom is -0.312 e. The molecule has 2 aromatic rings. The first-order valence-corrected chi connectivity index (χ1v) is 7.72. The number of rotatable bonds is 3. The smallest absolute Gasteiger partial charge is 0.126 e. The van der Waals surface area contributed by atoms with Crippen LogP contribution in [0.3, 0.4) is 0 Å². The maximum atomic E-state index is 13.5. The topological polar surface area (TPSA) is 12.0 Å². The average molecular weight is 283 g/mol. The average Bonchev–Trinajstić information content (AvgIpc) is 2.52. The summed E-state index contributed by atoms with van der Waals surface area (Å²) in [4.78, 5) is 0. The van der Waals surface area contributed by atoms with Crippen molar-refractivity contribution in [3.05, 3.63) is 70.5 Å². The fourth-order valence-corrected chi connectivity index (χ4v) is 3.60. The molecule has 21 heavy (non-hydrogen) atoms. The zero-order valence-electron chi connectivity index (χ0n) is 12.7. The van der Waals surface area contributed by atoms with Gasteiger partial charge in [0.25, 0.3) is 0 Å². The van der Waals surface area contributed by atoms with Crippen molar-refractivity contribution in [1.29, 1.82) is 0 Å². The van der Waals surface area contributed by atoms with E-state index in [1.165, 1.54) is 36.0 Å². The molecule has 2 heteroatoms. The van der Waals surface area contributed by atoms with Gasteiger partial charge in [-0.15, -0.1) is 0 Å². The van der Waals surface area contributed by atoms with Gasteiger partial charge in [0.05, 0.1) is 0 Å². The minimum absolute atomic E-state index is 0.127. The number of hydrogen-bond acceptors (Lipinski definition) is 1. The first-order valence-electron chi connectivity index (χ1n) is 7.72. The summed E-state index contributed by atoms with van der Waals surface area (Å²) in [6.45, 7) is 1.83. The van der Waals surface area contributed by atoms with Crippen LogP contribution < -0.4 is 5.32 Å². The molecule has 2 unspecified atom stereocenters. The Hall–Kier alpha value is -1.67. The van der Waals surface area contributed by atoms with Crippen molar-refractivity contribution < 1.29 is 4.39 Å². The molecule has 110 valence electrons. The Kier molecular flexibility index (Phi) is 4.07. The van der Waals surface area contributed by atoms with Gasteiger partial charge in [0.15, 0.2) is 0 Å². The summed E-state index contributed by atoms with van der Waals surface area (Å²) in [5.41, 5.74) is 4.81. The highest BCUT2D eigenvalue weighted by Crippen LogP contribution is 2.40. The second-order valence-corrected chi connectivity index (χ2v) is 5.97. The van der Waals surface area contributed by atoms with Crippen molar-refractivity contribution in [3.8, 4) is 0 Å². The monoisotopic (exact) mass is 283 g/mol. The van der Waals surface area contributed by atoms with Crippen LogP contribution in [0.25, 0.3) is 0 Å². The quantitative estimate of drug-likeness (QED) is 0.873. The number of halogens is 1. The summed E-state index contributed by atoms with van der Waals surface area (Å²) in [6, 6.07) is 14.5. The zero-order valence-corrected chi connectivity index (χ0v) is 12.7. The zero-order chi connectivity index (χ0) is 14.8. The molecule has 0 bridgehead atoms. The highest BCUT2D eigenvalue weighted by Gasteiger charge is 2.28. The van der Waals surface area contributed by atoms with E-state index in [0.717, 1.165) is 5.56 Å². The van der Waals surface area contributed by atoms with Crippen LogP contribution in [0.15, 0.2) is 42.5 Å². The van der Waals surface area contributed by atoms with E-state index in [4.69, 9.17) is 0 Å². The van der Waals surface area contributed by atoms with Gasteiger partial charge >= 0.3 is 0 Å². The summed E-state index contributed by atoms with van der Waals surface area (Å²) in [5.74, 6) is 0.336. The predicted molar refractivity (Wildman–Crippen MR) is 85.1 cm³/mol. The lowest BCUT2D eigenvalue weighted by Crippen LogP contribution is -2.26. The van der Waals surface area contributed by atoms with Crippen LogP contribution in [0, 0.1) is 12.7 Å². The van der Waals surface area contributed by atoms with Gasteiger partial charge < -0.3 is 5.32 Å². The molecule has 1 N–H and O–H groups in total. The molecule has 1 nitrogen and oxygen atoms in total. The number of benzene rings is 2. The highest BCUT2D eigenvalue weighted by molar-refractivity contribution is 5.37. The Morgan fingerprint density at radius 1 is 1.19 bits per heavy atom. The number of fused-ring (bicyclic) bond motifs is 1. The van der Waals surface area contributed by atoms with Crippen LogP contribution in [-0.2, 0) is 6.42 Å². The van der Waals surface area contributed by atoms with Gasteiger partial charge in [0.1, 0.15) is 5.82 Å². The van der Waals surface area contributed by atoms with Crippen LogP contribution in [0.5, 0.6) is 0 Å². The van der Waals surface area contributed by atoms with Crippen molar-refractivity contribution in [2.24, 2.45) is 0 Å². The van der Waals surface area contributed by atoms with Crippen molar-refractivity contribution >= 4 is 0 Å². The van der Waals surface area contributed by atoms with Crippen LogP contribution >= 0.6 is 0 Å². The van der Waals surface area contributed by atoms with E-state index in [1.54, 1.807) is 6.07 Å². The first-order chi connectivity index (χ1) is 10.2. The summed E-state index contributed by atoms with van der Waals surface area (Å²) < 4.78 is 13.5. The van der Waals surface area contributed by atoms with E-state index < -0.39 is 0 Å². The molecule has 0 heterocycles. The highest BCUT2D eigenvalue weighted by atomic mass is 19.1. The lowest BCUT2D eigenvalue weighted by atomic mass is 9.76. The number of aryl methyl sites for hydroxylation is 2. The van der Waals surface area contributed by atoms with Crippen molar-refractivity contribution in [1.82, 2.24) is 5.32 Å². The van der Waals surface area contributed by atoms with E-state index in [-0.39, 0.29) is 11.9 Å². The summed E-state index contributed by atoms with van der Waals surface area (Å²) >= 11 is 0. The molecule has 0 spiro atoms. The summed E-state index contributed by atoms with van der Waals surface area (Å²) in [7, 11) is 2.00. The molecule has 0 saturated carbocycles. The predicted octanol–water partition coefficient (Wildman–Crippen LogP) is 4.51. The molecule has 0 aliphatic heterocycles. The van der Waals surface area contributed by atoms with E-state index >= 15 is 0 Å². The Morgan fingerprint density at radius 3 is 2.76 bits per heavy atom. The normalized spacial score (nSPS) is 19.1. The van der Waals surface area contributed by atoms with E-state index in [0.29, 0.717) is 5.92 Å². The van der Waals surface area contributed by atoms with Crippen LogP contribution in [0.1, 0.15) is 47.1 Å². The molecule has 1 aliphatic rings. The molecular weight excluding hydrogens is 261 g/mol. The second kappa shape index (κ2) is 5.98. The van der Waals surface area contributed by atoms with Crippen LogP contribution in [0.2, 0.25) is 0 Å². The number of hydrogen-bond donors (Lipinski definition) is 1. The number of likely N-dealkylation sites (N-methyl/N-ethyl adjacent to an activating group) is 1. The van der Waals surface area contributed by atoms with E-state index in [9.17, 15) is 4.39 Å². The van der Waals surface area contributed by atoms with Gasteiger partial charge in [-0.2, -0.15) is 0 Å². The maximum absolute atomic E-state index is 13.5. The van der Waals surface area contributed by atoms with Crippen molar-refractivity contribution in [3.63, 3.8) is 0 Å². The second-order valence-electron chi connectivity index (χ2n) is 5.97. The Balaban J connectivity index is 1.99. The SMILES string of the molecule is CNC(c1ccc(F)c(C)c1)C1CCCc2ccccc21. The van der Waals surface area contributed by atoms with Crippen molar-refractivity contribution in [2.75, 3.05) is 7.05 Å².